The molecule has 0 fully saturated rings. The summed E-state index contributed by atoms with van der Waals surface area (Å²) in [4.78, 5) is 13.4. The number of sulfonamides is 1. The first-order chi connectivity index (χ1) is 18.0. The number of nitrogens with two attached hydrogens (primary N) is 1. The van der Waals surface area contributed by atoms with Crippen LogP contribution in [0.4, 0.5) is 11.4 Å². The SMILES string of the molecule is CCCC1CC(=O)C2=C(C1)NC(C)=C(C#N)C2c1cc(Br)c(OCc2cccc(N)c2)c(NS(C)(=O)=O)c1. The number of allylic oxidation sites excluding steroid dienone is 4. The molecule has 0 bridgehead atoms. The summed E-state index contributed by atoms with van der Waals surface area (Å²) in [6.07, 6.45) is 4.17. The number of Topliss-reactive ketones (excluding diaryl/α,β-unsaturated/α-hetero) is 1. The van der Waals surface area contributed by atoms with Gasteiger partial charge in [-0.2, -0.15) is 5.26 Å². The zero-order chi connectivity index (χ0) is 27.6. The number of dihydropyridines is 1. The summed E-state index contributed by atoms with van der Waals surface area (Å²) in [7, 11) is -3.67. The molecule has 8 nitrogen and oxygen atoms in total. The van der Waals surface area contributed by atoms with Crippen molar-refractivity contribution in [2.24, 2.45) is 5.92 Å². The molecule has 2 aromatic rings. The van der Waals surface area contributed by atoms with Gasteiger partial charge in [0.15, 0.2) is 11.5 Å². The van der Waals surface area contributed by atoms with Gasteiger partial charge in [0.25, 0.3) is 0 Å². The minimum absolute atomic E-state index is 0.0122. The number of rotatable bonds is 8. The maximum atomic E-state index is 13.4. The van der Waals surface area contributed by atoms with Crippen molar-refractivity contribution < 1.29 is 17.9 Å². The Balaban J connectivity index is 1.80. The van der Waals surface area contributed by atoms with Crippen LogP contribution < -0.4 is 20.5 Å². The topological polar surface area (TPSA) is 134 Å². The first kappa shape index (κ1) is 27.7. The first-order valence-electron chi connectivity index (χ1n) is 12.4. The van der Waals surface area contributed by atoms with Gasteiger partial charge in [0.2, 0.25) is 10.0 Å². The van der Waals surface area contributed by atoms with Gasteiger partial charge < -0.3 is 15.8 Å². The van der Waals surface area contributed by atoms with E-state index in [0.29, 0.717) is 44.7 Å². The largest absolute Gasteiger partial charge is 0.486 e. The van der Waals surface area contributed by atoms with Gasteiger partial charge in [-0.05, 0) is 77.0 Å². The molecule has 2 aromatic carbocycles. The van der Waals surface area contributed by atoms with Crippen LogP contribution in [0.25, 0.3) is 0 Å². The van der Waals surface area contributed by atoms with E-state index in [0.717, 1.165) is 36.8 Å². The van der Waals surface area contributed by atoms with Crippen molar-refractivity contribution in [3.63, 3.8) is 0 Å². The van der Waals surface area contributed by atoms with Crippen molar-refractivity contribution in [2.75, 3.05) is 16.7 Å². The number of halogens is 1. The van der Waals surface area contributed by atoms with Crippen molar-refractivity contribution in [3.8, 4) is 11.8 Å². The zero-order valence-corrected chi connectivity index (χ0v) is 24.0. The fourth-order valence-corrected chi connectivity index (χ4v) is 6.40. The van der Waals surface area contributed by atoms with Gasteiger partial charge in [-0.1, -0.05) is 25.5 Å². The van der Waals surface area contributed by atoms with E-state index < -0.39 is 15.9 Å². The lowest BCUT2D eigenvalue weighted by Gasteiger charge is -2.35. The Morgan fingerprint density at radius 3 is 2.68 bits per heavy atom. The van der Waals surface area contributed by atoms with Crippen LogP contribution in [-0.2, 0) is 21.4 Å². The Kier molecular flexibility index (Phi) is 8.19. The third-order valence-corrected chi connectivity index (χ3v) is 7.94. The number of carbonyl (C=O) groups is 1. The predicted octanol–water partition coefficient (Wildman–Crippen LogP) is 5.50. The lowest BCUT2D eigenvalue weighted by atomic mass is 9.72. The van der Waals surface area contributed by atoms with Crippen LogP contribution in [0.2, 0.25) is 0 Å². The summed E-state index contributed by atoms with van der Waals surface area (Å²) in [5, 5.41) is 13.4. The lowest BCUT2D eigenvalue weighted by Crippen LogP contribution is -2.34. The summed E-state index contributed by atoms with van der Waals surface area (Å²) >= 11 is 3.55. The molecule has 0 aromatic heterocycles. The number of nitriles is 1. The predicted molar refractivity (Wildman–Crippen MR) is 152 cm³/mol. The second-order valence-electron chi connectivity index (χ2n) is 9.87. The van der Waals surface area contributed by atoms with Crippen LogP contribution in [0.3, 0.4) is 0 Å². The van der Waals surface area contributed by atoms with E-state index in [2.05, 4.69) is 39.0 Å². The molecule has 1 aliphatic heterocycles. The number of nitrogen functional groups attached to an aromatic ring is 1. The highest BCUT2D eigenvalue weighted by Gasteiger charge is 2.39. The second kappa shape index (κ2) is 11.2. The molecule has 200 valence electrons. The Bertz CT molecular complexity index is 1490. The maximum absolute atomic E-state index is 13.4. The molecule has 0 spiro atoms. The summed E-state index contributed by atoms with van der Waals surface area (Å²) in [5.41, 5.74) is 10.7. The fourth-order valence-electron chi connectivity index (χ4n) is 5.26. The monoisotopic (exact) mass is 598 g/mol. The van der Waals surface area contributed by atoms with Crippen molar-refractivity contribution in [3.05, 3.63) is 74.5 Å². The molecule has 4 N–H and O–H groups in total. The van der Waals surface area contributed by atoms with Crippen molar-refractivity contribution >= 4 is 43.1 Å². The maximum Gasteiger partial charge on any atom is 0.229 e. The molecule has 0 saturated heterocycles. The Morgan fingerprint density at radius 1 is 1.26 bits per heavy atom. The van der Waals surface area contributed by atoms with Gasteiger partial charge >= 0.3 is 0 Å². The number of ketones is 1. The number of benzene rings is 2. The van der Waals surface area contributed by atoms with Gasteiger partial charge in [0.1, 0.15) is 6.61 Å². The molecule has 10 heteroatoms. The van der Waals surface area contributed by atoms with Crippen molar-refractivity contribution in [2.45, 2.75) is 52.1 Å². The average Bonchev–Trinajstić information content (AvgIpc) is 2.81. The Labute approximate surface area is 232 Å². The molecule has 38 heavy (non-hydrogen) atoms. The van der Waals surface area contributed by atoms with Crippen LogP contribution in [0.1, 0.15) is 56.6 Å². The highest BCUT2D eigenvalue weighted by molar-refractivity contribution is 9.10. The van der Waals surface area contributed by atoms with E-state index in [4.69, 9.17) is 10.5 Å². The van der Waals surface area contributed by atoms with Gasteiger partial charge in [-0.15, -0.1) is 0 Å². The molecular weight excluding hydrogens is 568 g/mol. The molecule has 1 aliphatic carbocycles. The van der Waals surface area contributed by atoms with Crippen LogP contribution in [-0.4, -0.2) is 20.5 Å². The molecule has 2 atom stereocenters. The first-order valence-corrected chi connectivity index (χ1v) is 15.1. The van der Waals surface area contributed by atoms with Crippen molar-refractivity contribution in [1.82, 2.24) is 5.32 Å². The number of nitrogens with one attached hydrogen (secondary N) is 2. The number of hydrogen-bond donors (Lipinski definition) is 3. The van der Waals surface area contributed by atoms with E-state index in [1.807, 2.05) is 19.1 Å². The van der Waals surface area contributed by atoms with Crippen LogP contribution in [0.15, 0.2) is 63.4 Å². The lowest BCUT2D eigenvalue weighted by molar-refractivity contribution is -0.117. The van der Waals surface area contributed by atoms with Crippen molar-refractivity contribution in [1.29, 1.82) is 5.26 Å². The number of anilines is 2. The van der Waals surface area contributed by atoms with Gasteiger partial charge in [-0.25, -0.2) is 8.42 Å². The minimum Gasteiger partial charge on any atom is -0.486 e. The van der Waals surface area contributed by atoms with E-state index in [1.165, 1.54) is 0 Å². The van der Waals surface area contributed by atoms with E-state index in [9.17, 15) is 18.5 Å². The smallest absolute Gasteiger partial charge is 0.229 e. The number of hydrogen-bond acceptors (Lipinski definition) is 7. The quantitative estimate of drug-likeness (QED) is 0.341. The highest BCUT2D eigenvalue weighted by atomic mass is 79.9. The number of carbonyl (C=O) groups excluding carboxylic acids is 1. The molecule has 4 rings (SSSR count). The Hall–Kier alpha value is -3.29. The standard InChI is InChI=1S/C28H31BrN4O4S/c1-4-6-17-10-23-27(25(34)11-17)26(21(14-30)16(2)32-23)19-12-22(29)28(24(13-19)33-38(3,35)36)37-15-18-7-5-8-20(31)9-18/h5,7-9,12-13,17,26,32-33H,4,6,10-11,15,31H2,1-3H3. The molecule has 0 radical (unpaired) electrons. The zero-order valence-electron chi connectivity index (χ0n) is 21.6. The van der Waals surface area contributed by atoms with Gasteiger partial charge in [-0.3, -0.25) is 9.52 Å². The molecule has 2 aliphatic rings. The van der Waals surface area contributed by atoms with Gasteiger partial charge in [0, 0.05) is 29.1 Å². The van der Waals surface area contributed by atoms with E-state index in [1.54, 1.807) is 24.3 Å². The molecule has 1 heterocycles. The second-order valence-corrected chi connectivity index (χ2v) is 12.5. The number of ether oxygens (including phenoxy) is 1. The Morgan fingerprint density at radius 2 is 2.03 bits per heavy atom. The van der Waals surface area contributed by atoms with Crippen LogP contribution in [0.5, 0.6) is 5.75 Å². The van der Waals surface area contributed by atoms with Gasteiger partial charge in [0.05, 0.1) is 34.0 Å². The van der Waals surface area contributed by atoms with Crippen LogP contribution >= 0.6 is 15.9 Å². The molecular formula is C28H31BrN4O4S. The van der Waals surface area contributed by atoms with Crippen LogP contribution in [0, 0.1) is 17.2 Å². The van der Waals surface area contributed by atoms with E-state index >= 15 is 0 Å². The van der Waals surface area contributed by atoms with E-state index in [-0.39, 0.29) is 24.0 Å². The normalized spacial score (nSPS) is 19.5. The summed E-state index contributed by atoms with van der Waals surface area (Å²) in [6.45, 7) is 4.09. The highest BCUT2D eigenvalue weighted by Crippen LogP contribution is 2.47. The average molecular weight is 600 g/mol. The number of nitrogens with zero attached hydrogens (tertiary/aromatic N) is 1. The summed E-state index contributed by atoms with van der Waals surface area (Å²) in [5.74, 6) is -0.0568. The molecule has 2 unspecified atom stereocenters. The third-order valence-electron chi connectivity index (χ3n) is 6.76. The summed E-state index contributed by atoms with van der Waals surface area (Å²) < 4.78 is 33.7. The fraction of sp³-hybridized carbons (Fsp3) is 0.357. The summed E-state index contributed by atoms with van der Waals surface area (Å²) in [6, 6.07) is 12.9. The minimum atomic E-state index is -3.67. The molecule has 0 amide bonds. The third kappa shape index (κ3) is 6.05. The molecule has 0 saturated carbocycles.